The summed E-state index contributed by atoms with van der Waals surface area (Å²) in [4.78, 5) is 22.9. The standard InChI is InChI=1S/C20H17F3N8O2/c21-20(22,23)13-3-1-12(2-4-13)14-11-17-26-9-10-30(17)19(28-14)27-8-7-25-16-6-5-15(31(32)33)18(24)29-16/h1-6,9-11H,7-8H2,(H,27,28)(H3,24,25,29). The Balaban J connectivity index is 1.47. The molecule has 0 saturated heterocycles. The van der Waals surface area contributed by atoms with Crippen molar-refractivity contribution >= 4 is 28.9 Å². The van der Waals surface area contributed by atoms with Crippen LogP contribution in [0.1, 0.15) is 5.56 Å². The van der Waals surface area contributed by atoms with Gasteiger partial charge in [-0.2, -0.15) is 13.2 Å². The number of benzene rings is 1. The summed E-state index contributed by atoms with van der Waals surface area (Å²) in [7, 11) is 0. The maximum atomic E-state index is 12.8. The van der Waals surface area contributed by atoms with E-state index < -0.39 is 16.7 Å². The first-order chi connectivity index (χ1) is 15.7. The van der Waals surface area contributed by atoms with Gasteiger partial charge in [-0.15, -0.1) is 0 Å². The molecule has 0 radical (unpaired) electrons. The Hall–Kier alpha value is -4.42. The van der Waals surface area contributed by atoms with Crippen LogP contribution in [0.4, 0.5) is 36.4 Å². The third-order valence-electron chi connectivity index (χ3n) is 4.71. The molecule has 3 heterocycles. The second-order valence-electron chi connectivity index (χ2n) is 6.91. The number of rotatable bonds is 7. The van der Waals surface area contributed by atoms with Crippen LogP contribution >= 0.6 is 0 Å². The average molecular weight is 458 g/mol. The molecule has 0 saturated carbocycles. The van der Waals surface area contributed by atoms with Crippen LogP contribution in [0.2, 0.25) is 0 Å². The van der Waals surface area contributed by atoms with Crippen LogP contribution in [0, 0.1) is 10.1 Å². The Morgan fingerprint density at radius 3 is 2.45 bits per heavy atom. The zero-order chi connectivity index (χ0) is 23.6. The zero-order valence-corrected chi connectivity index (χ0v) is 16.9. The average Bonchev–Trinajstić information content (AvgIpc) is 3.25. The van der Waals surface area contributed by atoms with E-state index in [0.717, 1.165) is 12.1 Å². The van der Waals surface area contributed by atoms with Gasteiger partial charge in [0.25, 0.3) is 0 Å². The minimum Gasteiger partial charge on any atom is -0.378 e. The van der Waals surface area contributed by atoms with E-state index in [1.54, 1.807) is 22.9 Å². The van der Waals surface area contributed by atoms with Crippen LogP contribution in [-0.2, 0) is 6.18 Å². The second-order valence-corrected chi connectivity index (χ2v) is 6.91. The van der Waals surface area contributed by atoms with E-state index in [2.05, 4.69) is 25.6 Å². The first kappa shape index (κ1) is 21.8. The number of pyridine rings is 1. The highest BCUT2D eigenvalue weighted by Gasteiger charge is 2.30. The minimum absolute atomic E-state index is 0.191. The van der Waals surface area contributed by atoms with Gasteiger partial charge in [0.15, 0.2) is 0 Å². The normalized spacial score (nSPS) is 11.5. The van der Waals surface area contributed by atoms with E-state index in [1.807, 2.05) is 0 Å². The monoisotopic (exact) mass is 458 g/mol. The second kappa shape index (κ2) is 8.61. The fourth-order valence-electron chi connectivity index (χ4n) is 3.11. The quantitative estimate of drug-likeness (QED) is 0.216. The van der Waals surface area contributed by atoms with Gasteiger partial charge in [0, 0.05) is 43.2 Å². The van der Waals surface area contributed by atoms with Crippen LogP contribution in [0.25, 0.3) is 16.9 Å². The van der Waals surface area contributed by atoms with Crippen molar-refractivity contribution in [1.29, 1.82) is 0 Å². The lowest BCUT2D eigenvalue weighted by Crippen LogP contribution is -2.17. The molecule has 10 nitrogen and oxygen atoms in total. The number of hydrogen-bond acceptors (Lipinski definition) is 8. The zero-order valence-electron chi connectivity index (χ0n) is 16.9. The summed E-state index contributed by atoms with van der Waals surface area (Å²) in [6.45, 7) is 0.766. The molecule has 170 valence electrons. The lowest BCUT2D eigenvalue weighted by molar-refractivity contribution is -0.384. The SMILES string of the molecule is Nc1nc(NCCNc2nc(-c3ccc(C(F)(F)F)cc3)cc3nccn23)ccc1[N+](=O)[O-]. The van der Waals surface area contributed by atoms with Gasteiger partial charge < -0.3 is 16.4 Å². The molecule has 0 spiro atoms. The van der Waals surface area contributed by atoms with Crippen molar-refractivity contribution in [2.75, 3.05) is 29.5 Å². The van der Waals surface area contributed by atoms with Crippen molar-refractivity contribution in [3.05, 3.63) is 70.5 Å². The van der Waals surface area contributed by atoms with Crippen LogP contribution in [0.15, 0.2) is 54.9 Å². The Kier molecular flexibility index (Phi) is 5.69. The highest BCUT2D eigenvalue weighted by atomic mass is 19.4. The van der Waals surface area contributed by atoms with Crippen LogP contribution in [0.5, 0.6) is 0 Å². The maximum Gasteiger partial charge on any atom is 0.416 e. The predicted octanol–water partition coefficient (Wildman–Crippen LogP) is 3.82. The summed E-state index contributed by atoms with van der Waals surface area (Å²) < 4.78 is 40.2. The Morgan fingerprint density at radius 2 is 1.79 bits per heavy atom. The van der Waals surface area contributed by atoms with E-state index in [0.29, 0.717) is 41.8 Å². The lowest BCUT2D eigenvalue weighted by Gasteiger charge is -2.12. The molecule has 1 aromatic carbocycles. The molecule has 0 aliphatic rings. The molecule has 0 unspecified atom stereocenters. The lowest BCUT2D eigenvalue weighted by atomic mass is 10.1. The number of fused-ring (bicyclic) bond motifs is 1. The number of halogens is 3. The molecule has 0 aliphatic heterocycles. The molecule has 33 heavy (non-hydrogen) atoms. The Morgan fingerprint density at radius 1 is 1.06 bits per heavy atom. The largest absolute Gasteiger partial charge is 0.416 e. The topological polar surface area (TPSA) is 136 Å². The van der Waals surface area contributed by atoms with Gasteiger partial charge in [0.05, 0.1) is 16.2 Å². The first-order valence-corrected chi connectivity index (χ1v) is 9.63. The third-order valence-corrected chi connectivity index (χ3v) is 4.71. The predicted molar refractivity (Wildman–Crippen MR) is 116 cm³/mol. The molecule has 4 aromatic rings. The summed E-state index contributed by atoms with van der Waals surface area (Å²) in [6, 6.07) is 9.13. The highest BCUT2D eigenvalue weighted by molar-refractivity contribution is 5.66. The van der Waals surface area contributed by atoms with Gasteiger partial charge in [-0.1, -0.05) is 12.1 Å². The fourth-order valence-corrected chi connectivity index (χ4v) is 3.11. The molecule has 0 aliphatic carbocycles. The summed E-state index contributed by atoms with van der Waals surface area (Å²) >= 11 is 0. The van der Waals surface area contributed by atoms with Gasteiger partial charge in [-0.3, -0.25) is 14.5 Å². The van der Waals surface area contributed by atoms with Crippen molar-refractivity contribution in [2.45, 2.75) is 6.18 Å². The number of nitrogens with two attached hydrogens (primary N) is 1. The van der Waals surface area contributed by atoms with Crippen LogP contribution in [0.3, 0.4) is 0 Å². The van der Waals surface area contributed by atoms with E-state index in [-0.39, 0.29) is 11.5 Å². The van der Waals surface area contributed by atoms with Crippen LogP contribution in [-0.4, -0.2) is 37.4 Å². The van der Waals surface area contributed by atoms with E-state index in [4.69, 9.17) is 5.73 Å². The third kappa shape index (κ3) is 4.76. The molecule has 3 aromatic heterocycles. The molecule has 0 atom stereocenters. The molecule has 4 N–H and O–H groups in total. The first-order valence-electron chi connectivity index (χ1n) is 9.63. The fraction of sp³-hybridized carbons (Fsp3) is 0.150. The highest BCUT2D eigenvalue weighted by Crippen LogP contribution is 2.31. The molecule has 4 rings (SSSR count). The number of nitrogen functional groups attached to an aromatic ring is 1. The smallest absolute Gasteiger partial charge is 0.378 e. The van der Waals surface area contributed by atoms with Gasteiger partial charge >= 0.3 is 11.9 Å². The summed E-state index contributed by atoms with van der Waals surface area (Å²) in [5.74, 6) is 0.626. The molecular formula is C20H17F3N8O2. The van der Waals surface area contributed by atoms with Gasteiger partial charge in [-0.05, 0) is 18.2 Å². The number of imidazole rings is 1. The minimum atomic E-state index is -4.41. The van der Waals surface area contributed by atoms with Crippen molar-refractivity contribution in [3.63, 3.8) is 0 Å². The van der Waals surface area contributed by atoms with Crippen molar-refractivity contribution in [2.24, 2.45) is 0 Å². The van der Waals surface area contributed by atoms with E-state index in [1.165, 1.54) is 24.3 Å². The number of anilines is 3. The molecule has 0 bridgehead atoms. The molecule has 13 heteroatoms. The van der Waals surface area contributed by atoms with E-state index >= 15 is 0 Å². The molecule has 0 amide bonds. The van der Waals surface area contributed by atoms with Gasteiger partial charge in [0.1, 0.15) is 11.5 Å². The number of aromatic nitrogens is 4. The maximum absolute atomic E-state index is 12.8. The Bertz CT molecular complexity index is 1310. The van der Waals surface area contributed by atoms with Crippen LogP contribution < -0.4 is 16.4 Å². The molecule has 0 fully saturated rings. The van der Waals surface area contributed by atoms with Crippen molar-refractivity contribution < 1.29 is 18.1 Å². The summed E-state index contributed by atoms with van der Waals surface area (Å²) in [6.07, 6.45) is -1.13. The summed E-state index contributed by atoms with van der Waals surface area (Å²) in [5, 5.41) is 16.9. The number of nitro groups is 1. The van der Waals surface area contributed by atoms with Crippen molar-refractivity contribution in [3.8, 4) is 11.3 Å². The number of nitrogens with zero attached hydrogens (tertiary/aromatic N) is 5. The van der Waals surface area contributed by atoms with Gasteiger partial charge in [0.2, 0.25) is 11.8 Å². The van der Waals surface area contributed by atoms with Gasteiger partial charge in [-0.25, -0.2) is 15.0 Å². The van der Waals surface area contributed by atoms with E-state index in [9.17, 15) is 23.3 Å². The summed E-state index contributed by atoms with van der Waals surface area (Å²) in [5.41, 5.74) is 6.12. The number of hydrogen-bond donors (Lipinski definition) is 3. The number of alkyl halides is 3. The van der Waals surface area contributed by atoms with Crippen molar-refractivity contribution in [1.82, 2.24) is 19.4 Å². The molecular weight excluding hydrogens is 441 g/mol. The number of nitrogens with one attached hydrogen (secondary N) is 2. The Labute approximate surface area is 184 Å².